The molecule has 1 unspecified atom stereocenters. The van der Waals surface area contributed by atoms with E-state index in [-0.39, 0.29) is 0 Å². The molecular weight excluding hydrogens is 276 g/mol. The predicted molar refractivity (Wildman–Crippen MR) is 82.7 cm³/mol. The van der Waals surface area contributed by atoms with E-state index in [1.807, 2.05) is 20.8 Å². The van der Waals surface area contributed by atoms with Gasteiger partial charge in [0.15, 0.2) is 0 Å². The fraction of sp³-hybridized carbons (Fsp3) is 1.00. The Bertz CT molecular complexity index is 384. The maximum absolute atomic E-state index is 12.2. The van der Waals surface area contributed by atoms with Gasteiger partial charge in [-0.2, -0.15) is 17.4 Å². The molecule has 0 aromatic heterocycles. The minimum Gasteiger partial charge on any atom is -0.329 e. The van der Waals surface area contributed by atoms with Gasteiger partial charge in [0, 0.05) is 44.3 Å². The summed E-state index contributed by atoms with van der Waals surface area (Å²) in [7, 11) is -3.38. The maximum atomic E-state index is 12.2. The first-order valence-corrected chi connectivity index (χ1v) is 8.87. The lowest BCUT2D eigenvalue weighted by Crippen LogP contribution is -2.57. The zero-order valence-electron chi connectivity index (χ0n) is 13.2. The number of rotatable bonds is 6. The SMILES string of the molecule is CCCC(CN)N1CCN(S(=O)(=O)NC(C)(C)C)CC1. The number of nitrogens with zero attached hydrogens (tertiary/aromatic N) is 2. The van der Waals surface area contributed by atoms with Crippen molar-refractivity contribution in [2.24, 2.45) is 5.73 Å². The van der Waals surface area contributed by atoms with Crippen molar-refractivity contribution in [1.82, 2.24) is 13.9 Å². The molecule has 1 saturated heterocycles. The standard InChI is InChI=1S/C13H30N4O2S/c1-5-6-12(11-14)16-7-9-17(10-8-16)20(18,19)15-13(2,3)4/h12,15H,5-11,14H2,1-4H3. The Morgan fingerprint density at radius 2 is 1.75 bits per heavy atom. The molecule has 20 heavy (non-hydrogen) atoms. The molecule has 0 aliphatic carbocycles. The summed E-state index contributed by atoms with van der Waals surface area (Å²) < 4.78 is 28.7. The van der Waals surface area contributed by atoms with Crippen molar-refractivity contribution in [2.45, 2.75) is 52.1 Å². The Morgan fingerprint density at radius 3 is 2.15 bits per heavy atom. The minimum absolute atomic E-state index is 0.375. The highest BCUT2D eigenvalue weighted by Gasteiger charge is 2.31. The molecule has 0 amide bonds. The molecule has 1 fully saturated rings. The molecule has 0 spiro atoms. The highest BCUT2D eigenvalue weighted by Crippen LogP contribution is 2.14. The average Bonchev–Trinajstić information content (AvgIpc) is 2.33. The first kappa shape index (κ1) is 17.8. The van der Waals surface area contributed by atoms with Crippen molar-refractivity contribution >= 4 is 10.2 Å². The van der Waals surface area contributed by atoms with E-state index in [0.717, 1.165) is 25.9 Å². The van der Waals surface area contributed by atoms with Crippen molar-refractivity contribution in [3.05, 3.63) is 0 Å². The normalized spacial score (nSPS) is 21.1. The van der Waals surface area contributed by atoms with Gasteiger partial charge < -0.3 is 5.73 Å². The Morgan fingerprint density at radius 1 is 1.20 bits per heavy atom. The van der Waals surface area contributed by atoms with Crippen LogP contribution in [0, 0.1) is 0 Å². The van der Waals surface area contributed by atoms with Gasteiger partial charge in [-0.25, -0.2) is 0 Å². The van der Waals surface area contributed by atoms with Crippen molar-refractivity contribution in [1.29, 1.82) is 0 Å². The molecule has 0 bridgehead atoms. The van der Waals surface area contributed by atoms with E-state index in [2.05, 4.69) is 16.5 Å². The van der Waals surface area contributed by atoms with Crippen molar-refractivity contribution < 1.29 is 8.42 Å². The van der Waals surface area contributed by atoms with Crippen LogP contribution in [0.25, 0.3) is 0 Å². The molecule has 1 heterocycles. The van der Waals surface area contributed by atoms with Crippen LogP contribution in [0.5, 0.6) is 0 Å². The zero-order chi connectivity index (χ0) is 15.4. The Balaban J connectivity index is 2.57. The van der Waals surface area contributed by atoms with Gasteiger partial charge in [0.1, 0.15) is 0 Å². The van der Waals surface area contributed by atoms with E-state index in [4.69, 9.17) is 5.73 Å². The van der Waals surface area contributed by atoms with E-state index in [9.17, 15) is 8.42 Å². The van der Waals surface area contributed by atoms with Crippen LogP contribution in [0.15, 0.2) is 0 Å². The average molecular weight is 306 g/mol. The predicted octanol–water partition coefficient (Wildman–Crippen LogP) is 0.364. The van der Waals surface area contributed by atoms with Gasteiger partial charge in [0.2, 0.25) is 0 Å². The van der Waals surface area contributed by atoms with Gasteiger partial charge >= 0.3 is 0 Å². The Labute approximate surface area is 123 Å². The second-order valence-corrected chi connectivity index (χ2v) is 8.14. The van der Waals surface area contributed by atoms with Gasteiger partial charge in [-0.05, 0) is 27.2 Å². The maximum Gasteiger partial charge on any atom is 0.280 e. The molecule has 3 N–H and O–H groups in total. The third-order valence-electron chi connectivity index (χ3n) is 3.46. The first-order valence-electron chi connectivity index (χ1n) is 7.42. The molecule has 1 aliphatic heterocycles. The third kappa shape index (κ3) is 5.29. The van der Waals surface area contributed by atoms with E-state index >= 15 is 0 Å². The second-order valence-electron chi connectivity index (χ2n) is 6.47. The fourth-order valence-electron chi connectivity index (χ4n) is 2.54. The summed E-state index contributed by atoms with van der Waals surface area (Å²) in [5.41, 5.74) is 5.36. The first-order chi connectivity index (χ1) is 9.19. The van der Waals surface area contributed by atoms with E-state index in [1.54, 1.807) is 0 Å². The number of nitrogens with one attached hydrogen (secondary N) is 1. The van der Waals surface area contributed by atoms with Gasteiger partial charge in [-0.1, -0.05) is 13.3 Å². The number of hydrogen-bond donors (Lipinski definition) is 2. The largest absolute Gasteiger partial charge is 0.329 e. The Hall–Kier alpha value is -0.210. The van der Waals surface area contributed by atoms with Crippen molar-refractivity contribution in [3.63, 3.8) is 0 Å². The summed E-state index contributed by atoms with van der Waals surface area (Å²) >= 11 is 0. The summed E-state index contributed by atoms with van der Waals surface area (Å²) in [6, 6.07) is 0.375. The van der Waals surface area contributed by atoms with Crippen LogP contribution in [-0.4, -0.2) is 61.9 Å². The molecule has 1 rings (SSSR count). The summed E-state index contributed by atoms with van der Waals surface area (Å²) in [6.45, 7) is 10.9. The van der Waals surface area contributed by atoms with Crippen LogP contribution in [0.1, 0.15) is 40.5 Å². The number of hydrogen-bond acceptors (Lipinski definition) is 4. The van der Waals surface area contributed by atoms with Gasteiger partial charge in [-0.15, -0.1) is 0 Å². The fourth-order valence-corrected chi connectivity index (χ4v) is 4.09. The molecule has 0 aromatic carbocycles. The lowest BCUT2D eigenvalue weighted by Gasteiger charge is -2.39. The van der Waals surface area contributed by atoms with Gasteiger partial charge in [0.25, 0.3) is 10.2 Å². The minimum atomic E-state index is -3.38. The lowest BCUT2D eigenvalue weighted by molar-refractivity contribution is 0.132. The molecule has 7 heteroatoms. The molecule has 120 valence electrons. The monoisotopic (exact) mass is 306 g/mol. The summed E-state index contributed by atoms with van der Waals surface area (Å²) in [5, 5.41) is 0. The topological polar surface area (TPSA) is 78.7 Å². The summed E-state index contributed by atoms with van der Waals surface area (Å²) in [6.07, 6.45) is 2.18. The quantitative estimate of drug-likeness (QED) is 0.743. The van der Waals surface area contributed by atoms with Crippen molar-refractivity contribution in [2.75, 3.05) is 32.7 Å². The molecule has 0 aromatic rings. The van der Waals surface area contributed by atoms with Crippen molar-refractivity contribution in [3.8, 4) is 0 Å². The third-order valence-corrected chi connectivity index (χ3v) is 5.37. The molecule has 1 aliphatic rings. The van der Waals surface area contributed by atoms with E-state index in [0.29, 0.717) is 25.7 Å². The zero-order valence-corrected chi connectivity index (χ0v) is 14.0. The summed E-state index contributed by atoms with van der Waals surface area (Å²) in [4.78, 5) is 2.31. The van der Waals surface area contributed by atoms with Crippen LogP contribution >= 0.6 is 0 Å². The molecule has 0 saturated carbocycles. The van der Waals surface area contributed by atoms with Crippen LogP contribution in [0.4, 0.5) is 0 Å². The molecule has 1 atom stereocenters. The molecular formula is C13H30N4O2S. The lowest BCUT2D eigenvalue weighted by atomic mass is 10.1. The molecule has 6 nitrogen and oxygen atoms in total. The van der Waals surface area contributed by atoms with Crippen LogP contribution in [-0.2, 0) is 10.2 Å². The molecule has 0 radical (unpaired) electrons. The van der Waals surface area contributed by atoms with Crippen LogP contribution < -0.4 is 10.5 Å². The second kappa shape index (κ2) is 7.17. The smallest absolute Gasteiger partial charge is 0.280 e. The number of nitrogens with two attached hydrogens (primary N) is 1. The van der Waals surface area contributed by atoms with Gasteiger partial charge in [0.05, 0.1) is 0 Å². The van der Waals surface area contributed by atoms with Gasteiger partial charge in [-0.3, -0.25) is 4.90 Å². The summed E-state index contributed by atoms with van der Waals surface area (Å²) in [5.74, 6) is 0. The number of piperazine rings is 1. The van der Waals surface area contributed by atoms with E-state index < -0.39 is 15.7 Å². The highest BCUT2D eigenvalue weighted by molar-refractivity contribution is 7.87. The van der Waals surface area contributed by atoms with Crippen LogP contribution in [0.3, 0.4) is 0 Å². The highest BCUT2D eigenvalue weighted by atomic mass is 32.2. The Kier molecular flexibility index (Phi) is 6.40. The van der Waals surface area contributed by atoms with Crippen LogP contribution in [0.2, 0.25) is 0 Å². The van der Waals surface area contributed by atoms with E-state index in [1.165, 1.54) is 4.31 Å².